The molecule has 0 bridgehead atoms. The maximum absolute atomic E-state index is 13.4. The number of halogens is 1. The second-order valence-corrected chi connectivity index (χ2v) is 5.27. The molecule has 3 N–H and O–H groups in total. The predicted octanol–water partition coefficient (Wildman–Crippen LogP) is 1.99. The second kappa shape index (κ2) is 8.48. The Morgan fingerprint density at radius 1 is 1.23 bits per heavy atom. The summed E-state index contributed by atoms with van der Waals surface area (Å²) in [5.74, 6) is -2.12. The van der Waals surface area contributed by atoms with E-state index in [1.807, 2.05) is 13.8 Å². The number of carbonyl (C=O) groups excluding carboxylic acids is 2. The van der Waals surface area contributed by atoms with Crippen molar-refractivity contribution in [2.45, 2.75) is 39.7 Å². The molecule has 0 heterocycles. The predicted molar refractivity (Wildman–Crippen MR) is 82.9 cm³/mol. The summed E-state index contributed by atoms with van der Waals surface area (Å²) in [4.78, 5) is 23.4. The maximum atomic E-state index is 13.4. The van der Waals surface area contributed by atoms with E-state index in [2.05, 4.69) is 10.6 Å². The van der Waals surface area contributed by atoms with E-state index in [0.717, 1.165) is 18.9 Å². The first-order chi connectivity index (χ1) is 10.4. The number of aliphatic hydroxyl groups excluding tert-OH is 1. The van der Waals surface area contributed by atoms with Crippen molar-refractivity contribution in [2.75, 3.05) is 11.9 Å². The topological polar surface area (TPSA) is 78.4 Å². The minimum absolute atomic E-state index is 0.0147. The van der Waals surface area contributed by atoms with Gasteiger partial charge in [0.05, 0.1) is 6.10 Å². The van der Waals surface area contributed by atoms with Gasteiger partial charge in [0.15, 0.2) is 0 Å². The third kappa shape index (κ3) is 5.11. The Balaban J connectivity index is 2.51. The Kier molecular flexibility index (Phi) is 6.98. The van der Waals surface area contributed by atoms with E-state index >= 15 is 0 Å². The highest BCUT2D eigenvalue weighted by Gasteiger charge is 2.19. The normalized spacial score (nSPS) is 12.1. The highest BCUT2D eigenvalue weighted by molar-refractivity contribution is 6.39. The molecule has 0 saturated carbocycles. The fourth-order valence-electron chi connectivity index (χ4n) is 2.14. The van der Waals surface area contributed by atoms with Gasteiger partial charge in [0.1, 0.15) is 5.82 Å². The Bertz CT molecular complexity index is 530. The average molecular weight is 310 g/mol. The number of nitrogens with one attached hydrogen (secondary N) is 2. The molecule has 6 heteroatoms. The molecule has 0 saturated heterocycles. The summed E-state index contributed by atoms with van der Waals surface area (Å²) < 4.78 is 13.4. The maximum Gasteiger partial charge on any atom is 0.313 e. The summed E-state index contributed by atoms with van der Waals surface area (Å²) in [7, 11) is 0. The van der Waals surface area contributed by atoms with E-state index in [-0.39, 0.29) is 18.2 Å². The van der Waals surface area contributed by atoms with Crippen molar-refractivity contribution < 1.29 is 19.1 Å². The van der Waals surface area contributed by atoms with Gasteiger partial charge in [-0.2, -0.15) is 0 Å². The molecule has 122 valence electrons. The van der Waals surface area contributed by atoms with Crippen LogP contribution in [-0.2, 0) is 9.59 Å². The standard InChI is InChI=1S/C16H23FN2O3/c1-4-11(5-2)14(20)9-18-15(21)16(22)19-12-7-6-10(3)13(17)8-12/h6-8,11,14,20H,4-5,9H2,1-3H3,(H,18,21)(H,19,22). The molecular formula is C16H23FN2O3. The lowest BCUT2D eigenvalue weighted by molar-refractivity contribution is -0.136. The van der Waals surface area contributed by atoms with Gasteiger partial charge >= 0.3 is 11.8 Å². The van der Waals surface area contributed by atoms with Crippen molar-refractivity contribution in [3.63, 3.8) is 0 Å². The molecule has 1 atom stereocenters. The summed E-state index contributed by atoms with van der Waals surface area (Å²) in [5.41, 5.74) is 0.666. The van der Waals surface area contributed by atoms with Gasteiger partial charge in [-0.25, -0.2) is 4.39 Å². The number of aliphatic hydroxyl groups is 1. The molecular weight excluding hydrogens is 287 g/mol. The fraction of sp³-hybridized carbons (Fsp3) is 0.500. The zero-order valence-electron chi connectivity index (χ0n) is 13.1. The molecule has 1 rings (SSSR count). The van der Waals surface area contributed by atoms with Gasteiger partial charge in [-0.3, -0.25) is 9.59 Å². The Morgan fingerprint density at radius 2 is 1.86 bits per heavy atom. The lowest BCUT2D eigenvalue weighted by atomic mass is 9.96. The summed E-state index contributed by atoms with van der Waals surface area (Å²) in [6.07, 6.45) is 0.897. The monoisotopic (exact) mass is 310 g/mol. The van der Waals surface area contributed by atoms with E-state index < -0.39 is 23.7 Å². The van der Waals surface area contributed by atoms with E-state index in [4.69, 9.17) is 0 Å². The van der Waals surface area contributed by atoms with Gasteiger partial charge in [0, 0.05) is 12.2 Å². The van der Waals surface area contributed by atoms with Crippen molar-refractivity contribution in [1.29, 1.82) is 0 Å². The molecule has 0 spiro atoms. The fourth-order valence-corrected chi connectivity index (χ4v) is 2.14. The minimum Gasteiger partial charge on any atom is -0.391 e. The molecule has 1 unspecified atom stereocenters. The zero-order chi connectivity index (χ0) is 16.7. The first-order valence-electron chi connectivity index (χ1n) is 7.42. The molecule has 0 aromatic heterocycles. The SMILES string of the molecule is CCC(CC)C(O)CNC(=O)C(=O)Nc1ccc(C)c(F)c1. The Hall–Kier alpha value is -1.95. The van der Waals surface area contributed by atoms with Crippen LogP contribution in [0.4, 0.5) is 10.1 Å². The molecule has 0 radical (unpaired) electrons. The van der Waals surface area contributed by atoms with Crippen molar-refractivity contribution >= 4 is 17.5 Å². The van der Waals surface area contributed by atoms with Crippen LogP contribution in [0.1, 0.15) is 32.3 Å². The van der Waals surface area contributed by atoms with Gasteiger partial charge in [0.2, 0.25) is 0 Å². The Labute approximate surface area is 129 Å². The van der Waals surface area contributed by atoms with Crippen LogP contribution in [-0.4, -0.2) is 29.6 Å². The van der Waals surface area contributed by atoms with Crippen LogP contribution in [0.5, 0.6) is 0 Å². The van der Waals surface area contributed by atoms with Crippen LogP contribution in [0.25, 0.3) is 0 Å². The highest BCUT2D eigenvalue weighted by atomic mass is 19.1. The number of anilines is 1. The van der Waals surface area contributed by atoms with Crippen LogP contribution >= 0.6 is 0 Å². The smallest absolute Gasteiger partial charge is 0.313 e. The number of benzene rings is 1. The van der Waals surface area contributed by atoms with Crippen molar-refractivity contribution in [2.24, 2.45) is 5.92 Å². The average Bonchev–Trinajstić information content (AvgIpc) is 2.49. The van der Waals surface area contributed by atoms with E-state index in [1.54, 1.807) is 6.92 Å². The van der Waals surface area contributed by atoms with Crippen LogP contribution in [0.2, 0.25) is 0 Å². The van der Waals surface area contributed by atoms with Crippen LogP contribution in [0.15, 0.2) is 18.2 Å². The third-order valence-corrected chi connectivity index (χ3v) is 3.70. The molecule has 22 heavy (non-hydrogen) atoms. The van der Waals surface area contributed by atoms with Gasteiger partial charge in [-0.05, 0) is 30.5 Å². The number of hydrogen-bond donors (Lipinski definition) is 3. The first-order valence-corrected chi connectivity index (χ1v) is 7.42. The van der Waals surface area contributed by atoms with E-state index in [1.165, 1.54) is 12.1 Å². The van der Waals surface area contributed by atoms with Crippen molar-refractivity contribution in [3.8, 4) is 0 Å². The highest BCUT2D eigenvalue weighted by Crippen LogP contribution is 2.14. The van der Waals surface area contributed by atoms with Crippen molar-refractivity contribution in [3.05, 3.63) is 29.6 Å². The summed E-state index contributed by atoms with van der Waals surface area (Å²) in [6, 6.07) is 4.18. The second-order valence-electron chi connectivity index (χ2n) is 5.27. The summed E-state index contributed by atoms with van der Waals surface area (Å²) in [6.45, 7) is 5.53. The van der Waals surface area contributed by atoms with E-state index in [9.17, 15) is 19.1 Å². The number of hydrogen-bond acceptors (Lipinski definition) is 3. The summed E-state index contributed by atoms with van der Waals surface area (Å²) in [5, 5.41) is 14.6. The van der Waals surface area contributed by atoms with Crippen LogP contribution in [0, 0.1) is 18.7 Å². The van der Waals surface area contributed by atoms with Gasteiger partial charge in [-0.15, -0.1) is 0 Å². The molecule has 0 fully saturated rings. The van der Waals surface area contributed by atoms with Gasteiger partial charge in [0.25, 0.3) is 0 Å². The van der Waals surface area contributed by atoms with Crippen molar-refractivity contribution in [1.82, 2.24) is 5.32 Å². The van der Waals surface area contributed by atoms with Gasteiger partial charge < -0.3 is 15.7 Å². The molecule has 5 nitrogen and oxygen atoms in total. The number of carbonyl (C=O) groups is 2. The number of amides is 2. The lowest BCUT2D eigenvalue weighted by Crippen LogP contribution is -2.41. The molecule has 1 aromatic rings. The van der Waals surface area contributed by atoms with Crippen LogP contribution in [0.3, 0.4) is 0 Å². The molecule has 1 aromatic carbocycles. The zero-order valence-corrected chi connectivity index (χ0v) is 13.1. The summed E-state index contributed by atoms with van der Waals surface area (Å²) >= 11 is 0. The van der Waals surface area contributed by atoms with Crippen LogP contribution < -0.4 is 10.6 Å². The van der Waals surface area contributed by atoms with E-state index in [0.29, 0.717) is 5.56 Å². The quantitative estimate of drug-likeness (QED) is 0.703. The molecule has 0 aliphatic heterocycles. The minimum atomic E-state index is -0.889. The Morgan fingerprint density at radius 3 is 2.41 bits per heavy atom. The third-order valence-electron chi connectivity index (χ3n) is 3.70. The lowest BCUT2D eigenvalue weighted by Gasteiger charge is -2.20. The molecule has 2 amide bonds. The van der Waals surface area contributed by atoms with Gasteiger partial charge in [-0.1, -0.05) is 32.8 Å². The molecule has 0 aliphatic rings. The largest absolute Gasteiger partial charge is 0.391 e. The number of aryl methyl sites for hydroxylation is 1. The number of rotatable bonds is 6. The molecule has 0 aliphatic carbocycles. The first kappa shape index (κ1) is 18.1.